The van der Waals surface area contributed by atoms with Crippen molar-refractivity contribution in [3.63, 3.8) is 0 Å². The van der Waals surface area contributed by atoms with Crippen molar-refractivity contribution in [1.82, 2.24) is 9.88 Å². The van der Waals surface area contributed by atoms with Gasteiger partial charge >= 0.3 is 0 Å². The third-order valence-corrected chi connectivity index (χ3v) is 4.08. The molecule has 0 bridgehead atoms. The number of hydrogen-bond acceptors (Lipinski definition) is 2. The van der Waals surface area contributed by atoms with Gasteiger partial charge in [0.15, 0.2) is 0 Å². The molecule has 3 rings (SSSR count). The van der Waals surface area contributed by atoms with Crippen LogP contribution in [-0.4, -0.2) is 17.0 Å². The van der Waals surface area contributed by atoms with Gasteiger partial charge in [0.2, 0.25) is 0 Å². The fourth-order valence-electron chi connectivity index (χ4n) is 2.17. The van der Waals surface area contributed by atoms with Gasteiger partial charge in [-0.25, -0.2) is 0 Å². The van der Waals surface area contributed by atoms with Crippen molar-refractivity contribution in [2.45, 2.75) is 26.3 Å². The first-order chi connectivity index (χ1) is 8.29. The Hall–Kier alpha value is -1.29. The van der Waals surface area contributed by atoms with Crippen molar-refractivity contribution in [3.8, 4) is 0 Å². The van der Waals surface area contributed by atoms with Crippen LogP contribution >= 0.6 is 11.3 Å². The van der Waals surface area contributed by atoms with Gasteiger partial charge in [-0.05, 0) is 43.2 Å². The smallest absolute Gasteiger partial charge is 0.267 e. The van der Waals surface area contributed by atoms with Gasteiger partial charge in [0.25, 0.3) is 5.91 Å². The summed E-state index contributed by atoms with van der Waals surface area (Å²) in [6, 6.07) is 4.14. The van der Waals surface area contributed by atoms with E-state index >= 15 is 0 Å². The van der Waals surface area contributed by atoms with E-state index in [0.717, 1.165) is 18.2 Å². The average Bonchev–Trinajstić information content (AvgIpc) is 2.88. The van der Waals surface area contributed by atoms with E-state index in [1.807, 2.05) is 13.0 Å². The average molecular weight is 248 g/mol. The van der Waals surface area contributed by atoms with E-state index in [9.17, 15) is 4.79 Å². The van der Waals surface area contributed by atoms with Crippen LogP contribution < -0.4 is 5.32 Å². The molecule has 4 heteroatoms. The lowest BCUT2D eigenvalue weighted by molar-refractivity contribution is 0.0946. The summed E-state index contributed by atoms with van der Waals surface area (Å²) in [6.07, 6.45) is 2.61. The first-order valence-corrected chi connectivity index (χ1v) is 7.02. The van der Waals surface area contributed by atoms with E-state index in [1.54, 1.807) is 11.3 Å². The Bertz CT molecular complexity index is 551. The Morgan fingerprint density at radius 2 is 2.41 bits per heavy atom. The fraction of sp³-hybridized carbons (Fsp3) is 0.462. The van der Waals surface area contributed by atoms with Crippen molar-refractivity contribution < 1.29 is 4.79 Å². The molecular weight excluding hydrogens is 232 g/mol. The highest BCUT2D eigenvalue weighted by Gasteiger charge is 2.25. The van der Waals surface area contributed by atoms with Crippen LogP contribution in [0.3, 0.4) is 0 Å². The SMILES string of the molecule is CCNC(=O)c1cc2sccc2n1CC1CC1. The summed E-state index contributed by atoms with van der Waals surface area (Å²) in [5.74, 6) is 0.829. The Balaban J connectivity index is 2.01. The number of thiophene rings is 1. The Morgan fingerprint density at radius 3 is 3.12 bits per heavy atom. The predicted octanol–water partition coefficient (Wildman–Crippen LogP) is 2.86. The van der Waals surface area contributed by atoms with Crippen molar-refractivity contribution in [2.24, 2.45) is 5.92 Å². The fourth-order valence-corrected chi connectivity index (χ4v) is 2.99. The maximum Gasteiger partial charge on any atom is 0.267 e. The first kappa shape index (κ1) is 10.8. The molecule has 3 nitrogen and oxygen atoms in total. The zero-order chi connectivity index (χ0) is 11.8. The number of nitrogens with zero attached hydrogens (tertiary/aromatic N) is 1. The van der Waals surface area contributed by atoms with Gasteiger partial charge in [0, 0.05) is 13.1 Å². The molecule has 17 heavy (non-hydrogen) atoms. The van der Waals surface area contributed by atoms with Crippen LogP contribution in [0.1, 0.15) is 30.3 Å². The van der Waals surface area contributed by atoms with Crippen LogP contribution in [0, 0.1) is 5.92 Å². The summed E-state index contributed by atoms with van der Waals surface area (Å²) in [5, 5.41) is 4.98. The molecule has 1 amide bonds. The van der Waals surface area contributed by atoms with Gasteiger partial charge in [-0.1, -0.05) is 0 Å². The number of carbonyl (C=O) groups excluding carboxylic acids is 1. The summed E-state index contributed by atoms with van der Waals surface area (Å²) < 4.78 is 3.40. The molecule has 0 saturated heterocycles. The highest BCUT2D eigenvalue weighted by atomic mass is 32.1. The van der Waals surface area contributed by atoms with Crippen molar-refractivity contribution in [1.29, 1.82) is 0 Å². The van der Waals surface area contributed by atoms with E-state index in [-0.39, 0.29) is 5.91 Å². The van der Waals surface area contributed by atoms with Gasteiger partial charge in [-0.2, -0.15) is 0 Å². The van der Waals surface area contributed by atoms with Crippen LogP contribution in [0.2, 0.25) is 0 Å². The molecule has 1 aliphatic carbocycles. The predicted molar refractivity (Wildman–Crippen MR) is 70.5 cm³/mol. The third kappa shape index (κ3) is 1.97. The van der Waals surface area contributed by atoms with Crippen LogP contribution in [0.4, 0.5) is 0 Å². The normalized spacial score (nSPS) is 15.4. The molecule has 2 heterocycles. The molecule has 90 valence electrons. The maximum atomic E-state index is 12.0. The number of rotatable bonds is 4. The molecule has 0 atom stereocenters. The molecule has 0 aromatic carbocycles. The van der Waals surface area contributed by atoms with Crippen molar-refractivity contribution in [2.75, 3.05) is 6.54 Å². The summed E-state index contributed by atoms with van der Waals surface area (Å²) >= 11 is 1.70. The molecule has 0 unspecified atom stereocenters. The molecule has 1 saturated carbocycles. The van der Waals surface area contributed by atoms with E-state index < -0.39 is 0 Å². The Labute approximate surface area is 104 Å². The molecule has 2 aromatic rings. The summed E-state index contributed by atoms with van der Waals surface area (Å²) in [7, 11) is 0. The maximum absolute atomic E-state index is 12.0. The summed E-state index contributed by atoms with van der Waals surface area (Å²) in [6.45, 7) is 3.63. The van der Waals surface area contributed by atoms with Crippen molar-refractivity contribution in [3.05, 3.63) is 23.2 Å². The lowest BCUT2D eigenvalue weighted by atomic mass is 10.3. The zero-order valence-electron chi connectivity index (χ0n) is 9.90. The third-order valence-electron chi connectivity index (χ3n) is 3.23. The second kappa shape index (κ2) is 4.18. The van der Waals surface area contributed by atoms with Crippen LogP contribution in [-0.2, 0) is 6.54 Å². The minimum absolute atomic E-state index is 0.0524. The summed E-state index contributed by atoms with van der Waals surface area (Å²) in [4.78, 5) is 12.0. The number of fused-ring (bicyclic) bond motifs is 1. The van der Waals surface area contributed by atoms with Crippen LogP contribution in [0.25, 0.3) is 10.2 Å². The molecule has 0 spiro atoms. The Morgan fingerprint density at radius 1 is 1.59 bits per heavy atom. The Kier molecular flexibility index (Phi) is 2.67. The lowest BCUT2D eigenvalue weighted by Crippen LogP contribution is -2.25. The topological polar surface area (TPSA) is 34.0 Å². The number of aromatic nitrogens is 1. The van der Waals surface area contributed by atoms with Crippen LogP contribution in [0.5, 0.6) is 0 Å². The molecule has 1 aliphatic rings. The molecule has 0 aliphatic heterocycles. The van der Waals surface area contributed by atoms with Gasteiger partial charge < -0.3 is 9.88 Å². The molecule has 1 N–H and O–H groups in total. The second-order valence-electron chi connectivity index (χ2n) is 4.61. The number of carbonyl (C=O) groups is 1. The van der Waals surface area contributed by atoms with E-state index in [1.165, 1.54) is 23.1 Å². The minimum Gasteiger partial charge on any atom is -0.351 e. The minimum atomic E-state index is 0.0524. The number of nitrogens with one attached hydrogen (secondary N) is 1. The molecule has 0 radical (unpaired) electrons. The molecule has 2 aromatic heterocycles. The molecular formula is C13H16N2OS. The zero-order valence-corrected chi connectivity index (χ0v) is 10.7. The van der Waals surface area contributed by atoms with Gasteiger partial charge in [0.1, 0.15) is 5.69 Å². The van der Waals surface area contributed by atoms with Gasteiger partial charge in [-0.15, -0.1) is 11.3 Å². The highest BCUT2D eigenvalue weighted by Crippen LogP contribution is 2.34. The highest BCUT2D eigenvalue weighted by molar-refractivity contribution is 7.17. The number of hydrogen-bond donors (Lipinski definition) is 1. The largest absolute Gasteiger partial charge is 0.351 e. The van der Waals surface area contributed by atoms with Crippen molar-refractivity contribution >= 4 is 27.5 Å². The molecule has 1 fully saturated rings. The van der Waals surface area contributed by atoms with Gasteiger partial charge in [-0.3, -0.25) is 4.79 Å². The quantitative estimate of drug-likeness (QED) is 0.887. The monoisotopic (exact) mass is 248 g/mol. The lowest BCUT2D eigenvalue weighted by Gasteiger charge is -2.09. The van der Waals surface area contributed by atoms with E-state index in [4.69, 9.17) is 0 Å². The second-order valence-corrected chi connectivity index (χ2v) is 5.56. The standard InChI is InChI=1S/C13H16N2OS/c1-2-14-13(16)11-7-12-10(5-6-17-12)15(11)8-9-3-4-9/h5-7,9H,2-4,8H2,1H3,(H,14,16). The number of amides is 1. The summed E-state index contributed by atoms with van der Waals surface area (Å²) in [5.41, 5.74) is 2.03. The van der Waals surface area contributed by atoms with Gasteiger partial charge in [0.05, 0.1) is 10.2 Å². The van der Waals surface area contributed by atoms with Crippen LogP contribution in [0.15, 0.2) is 17.5 Å². The van der Waals surface area contributed by atoms with E-state index in [0.29, 0.717) is 6.54 Å². The van der Waals surface area contributed by atoms with E-state index in [2.05, 4.69) is 21.3 Å². The first-order valence-electron chi connectivity index (χ1n) is 6.14.